The van der Waals surface area contributed by atoms with E-state index in [4.69, 9.17) is 9.84 Å². The van der Waals surface area contributed by atoms with Gasteiger partial charge in [-0.05, 0) is 36.1 Å². The molecule has 110 valence electrons. The van der Waals surface area contributed by atoms with Crippen LogP contribution in [0.2, 0.25) is 0 Å². The van der Waals surface area contributed by atoms with Gasteiger partial charge in [-0.1, -0.05) is 0 Å². The van der Waals surface area contributed by atoms with Gasteiger partial charge < -0.3 is 15.2 Å². The number of benzene rings is 1. The summed E-state index contributed by atoms with van der Waals surface area (Å²) in [6.45, 7) is 1.69. The number of rotatable bonds is 4. The van der Waals surface area contributed by atoms with Crippen molar-refractivity contribution >= 4 is 28.9 Å². The Bertz CT molecular complexity index is 711. The molecule has 5 nitrogen and oxygen atoms in total. The predicted octanol–water partition coefficient (Wildman–Crippen LogP) is 3.15. The Morgan fingerprint density at radius 3 is 2.67 bits per heavy atom. The molecule has 0 aliphatic rings. The molecule has 1 aromatic heterocycles. The minimum Gasteiger partial charge on any atom is -0.494 e. The van der Waals surface area contributed by atoms with E-state index in [1.807, 2.05) is 0 Å². The number of halogens is 1. The molecule has 0 aliphatic carbocycles. The minimum atomic E-state index is -1.12. The van der Waals surface area contributed by atoms with E-state index in [9.17, 15) is 14.0 Å². The minimum absolute atomic E-state index is 0.0319. The van der Waals surface area contributed by atoms with Crippen molar-refractivity contribution in [2.75, 3.05) is 12.4 Å². The van der Waals surface area contributed by atoms with Gasteiger partial charge in [0.05, 0.1) is 12.8 Å². The number of carbonyl (C=O) groups excluding carboxylic acids is 1. The lowest BCUT2D eigenvalue weighted by Gasteiger charge is -2.08. The van der Waals surface area contributed by atoms with Crippen molar-refractivity contribution in [3.8, 4) is 5.75 Å². The fraction of sp³-hybridized carbons (Fsp3) is 0.143. The highest BCUT2D eigenvalue weighted by Crippen LogP contribution is 2.28. The summed E-state index contributed by atoms with van der Waals surface area (Å²) in [4.78, 5) is 23.2. The summed E-state index contributed by atoms with van der Waals surface area (Å²) in [6.07, 6.45) is 0. The zero-order valence-electron chi connectivity index (χ0n) is 11.3. The molecule has 0 spiro atoms. The third-order valence-electron chi connectivity index (χ3n) is 2.82. The first-order chi connectivity index (χ1) is 9.93. The standard InChI is InChI=1S/C14H12FNO4S/c1-7-6-21-12(14(18)19)11(7)16-13(17)8-3-4-10(20-2)9(15)5-8/h3-6H,1-2H3,(H,16,17)(H,18,19). The summed E-state index contributed by atoms with van der Waals surface area (Å²) in [6, 6.07) is 3.78. The Morgan fingerprint density at radius 1 is 1.38 bits per heavy atom. The maximum absolute atomic E-state index is 13.6. The number of hydrogen-bond donors (Lipinski definition) is 2. The second-order valence-corrected chi connectivity index (χ2v) is 5.11. The third kappa shape index (κ3) is 3.03. The molecule has 2 N–H and O–H groups in total. The van der Waals surface area contributed by atoms with Crippen LogP contribution in [0.25, 0.3) is 0 Å². The number of amides is 1. The SMILES string of the molecule is COc1ccc(C(=O)Nc2c(C)csc2C(=O)O)cc1F. The molecule has 0 aliphatic heterocycles. The number of carboxylic acid groups (broad SMARTS) is 1. The molecule has 1 heterocycles. The van der Waals surface area contributed by atoms with Crippen LogP contribution in [0.4, 0.5) is 10.1 Å². The Morgan fingerprint density at radius 2 is 2.10 bits per heavy atom. The molecular formula is C14H12FNO4S. The number of anilines is 1. The van der Waals surface area contributed by atoms with Gasteiger partial charge in [0.25, 0.3) is 5.91 Å². The molecule has 1 aromatic carbocycles. The molecular weight excluding hydrogens is 297 g/mol. The number of thiophene rings is 1. The molecule has 21 heavy (non-hydrogen) atoms. The first kappa shape index (κ1) is 15.0. The van der Waals surface area contributed by atoms with Crippen LogP contribution >= 0.6 is 11.3 Å². The lowest BCUT2D eigenvalue weighted by Crippen LogP contribution is -2.14. The summed E-state index contributed by atoms with van der Waals surface area (Å²) in [5.74, 6) is -2.33. The van der Waals surface area contributed by atoms with Gasteiger partial charge in [-0.15, -0.1) is 11.3 Å². The van der Waals surface area contributed by atoms with E-state index < -0.39 is 17.7 Å². The van der Waals surface area contributed by atoms with Gasteiger partial charge >= 0.3 is 5.97 Å². The summed E-state index contributed by atoms with van der Waals surface area (Å²) < 4.78 is 18.4. The highest BCUT2D eigenvalue weighted by atomic mass is 32.1. The summed E-state index contributed by atoms with van der Waals surface area (Å²) in [7, 11) is 1.33. The van der Waals surface area contributed by atoms with Crippen LogP contribution in [0.15, 0.2) is 23.6 Å². The van der Waals surface area contributed by atoms with Crippen LogP contribution in [0.1, 0.15) is 25.6 Å². The quantitative estimate of drug-likeness (QED) is 0.909. The van der Waals surface area contributed by atoms with Crippen molar-refractivity contribution in [3.63, 3.8) is 0 Å². The van der Waals surface area contributed by atoms with Gasteiger partial charge in [-0.2, -0.15) is 0 Å². The molecule has 0 bridgehead atoms. The number of carboxylic acids is 1. The highest BCUT2D eigenvalue weighted by Gasteiger charge is 2.18. The third-order valence-corrected chi connectivity index (χ3v) is 3.91. The van der Waals surface area contributed by atoms with Crippen molar-refractivity contribution in [2.24, 2.45) is 0 Å². The molecule has 2 rings (SSSR count). The molecule has 0 unspecified atom stereocenters. The zero-order chi connectivity index (χ0) is 15.6. The van der Waals surface area contributed by atoms with Crippen molar-refractivity contribution in [3.05, 3.63) is 45.4 Å². The van der Waals surface area contributed by atoms with Gasteiger partial charge in [0.15, 0.2) is 11.6 Å². The van der Waals surface area contributed by atoms with Gasteiger partial charge in [-0.3, -0.25) is 4.79 Å². The normalized spacial score (nSPS) is 10.2. The van der Waals surface area contributed by atoms with E-state index in [1.54, 1.807) is 12.3 Å². The number of methoxy groups -OCH3 is 1. The molecule has 0 radical (unpaired) electrons. The predicted molar refractivity (Wildman–Crippen MR) is 76.9 cm³/mol. The lowest BCUT2D eigenvalue weighted by molar-refractivity contribution is 0.0703. The van der Waals surface area contributed by atoms with Crippen LogP contribution in [-0.2, 0) is 0 Å². The summed E-state index contributed by atoms with van der Waals surface area (Å²) >= 11 is 1.02. The zero-order valence-corrected chi connectivity index (χ0v) is 12.1. The molecule has 7 heteroatoms. The van der Waals surface area contributed by atoms with E-state index in [2.05, 4.69) is 5.32 Å². The summed E-state index contributed by atoms with van der Waals surface area (Å²) in [5, 5.41) is 13.2. The second kappa shape index (κ2) is 5.92. The molecule has 1 amide bonds. The van der Waals surface area contributed by atoms with Crippen LogP contribution in [-0.4, -0.2) is 24.1 Å². The van der Waals surface area contributed by atoms with Crippen molar-refractivity contribution < 1.29 is 23.8 Å². The molecule has 2 aromatic rings. The van der Waals surface area contributed by atoms with Crippen LogP contribution < -0.4 is 10.1 Å². The molecule has 0 atom stereocenters. The maximum Gasteiger partial charge on any atom is 0.348 e. The molecule has 0 fully saturated rings. The highest BCUT2D eigenvalue weighted by molar-refractivity contribution is 7.12. The maximum atomic E-state index is 13.6. The van der Waals surface area contributed by atoms with Gasteiger partial charge in [0.2, 0.25) is 0 Å². The topological polar surface area (TPSA) is 75.6 Å². The van der Waals surface area contributed by atoms with Crippen LogP contribution in [0, 0.1) is 12.7 Å². The first-order valence-corrected chi connectivity index (χ1v) is 6.78. The fourth-order valence-electron chi connectivity index (χ4n) is 1.75. The van der Waals surface area contributed by atoms with Gasteiger partial charge in [0.1, 0.15) is 4.88 Å². The number of aryl methyl sites for hydroxylation is 1. The largest absolute Gasteiger partial charge is 0.494 e. The first-order valence-electron chi connectivity index (χ1n) is 5.90. The van der Waals surface area contributed by atoms with E-state index >= 15 is 0 Å². The van der Waals surface area contributed by atoms with Crippen LogP contribution in [0.5, 0.6) is 5.75 Å². The average molecular weight is 309 g/mol. The van der Waals surface area contributed by atoms with Crippen molar-refractivity contribution in [1.29, 1.82) is 0 Å². The van der Waals surface area contributed by atoms with Crippen LogP contribution in [0.3, 0.4) is 0 Å². The smallest absolute Gasteiger partial charge is 0.348 e. The number of nitrogens with one attached hydrogen (secondary N) is 1. The van der Waals surface area contributed by atoms with E-state index in [1.165, 1.54) is 19.2 Å². The summed E-state index contributed by atoms with van der Waals surface area (Å²) in [5.41, 5.74) is 0.948. The lowest BCUT2D eigenvalue weighted by atomic mass is 10.2. The Balaban J connectivity index is 2.28. The van der Waals surface area contributed by atoms with Crippen molar-refractivity contribution in [2.45, 2.75) is 6.92 Å². The number of carbonyl (C=O) groups is 2. The Labute approximate surface area is 124 Å². The molecule has 0 saturated carbocycles. The Hall–Kier alpha value is -2.41. The number of hydrogen-bond acceptors (Lipinski definition) is 4. The average Bonchev–Trinajstić information content (AvgIpc) is 2.80. The van der Waals surface area contributed by atoms with Gasteiger partial charge in [0, 0.05) is 5.56 Å². The fourth-order valence-corrected chi connectivity index (χ4v) is 2.59. The second-order valence-electron chi connectivity index (χ2n) is 4.23. The van der Waals surface area contributed by atoms with E-state index in [0.717, 1.165) is 17.4 Å². The molecule has 0 saturated heterocycles. The van der Waals surface area contributed by atoms with E-state index in [-0.39, 0.29) is 21.9 Å². The number of ether oxygens (including phenoxy) is 1. The van der Waals surface area contributed by atoms with Gasteiger partial charge in [-0.25, -0.2) is 9.18 Å². The Kier molecular flexibility index (Phi) is 4.23. The monoisotopic (exact) mass is 309 g/mol. The number of aromatic carboxylic acids is 1. The van der Waals surface area contributed by atoms with Crippen molar-refractivity contribution in [1.82, 2.24) is 0 Å². The van der Waals surface area contributed by atoms with E-state index in [0.29, 0.717) is 5.56 Å².